The van der Waals surface area contributed by atoms with Crippen LogP contribution < -0.4 is 14.6 Å². The maximum Gasteiger partial charge on any atom is 0.264 e. The number of amides is 1. The molecule has 0 aliphatic carbocycles. The molecule has 3 rings (SSSR count). The SMILES string of the molecule is Cc1ccc(N(CC(=O)N/N=C\c2ccc(N(C)C)cc2)S(=O)(=O)c2ccc(Cl)cc2)cc1C. The molecule has 1 amide bonds. The Balaban J connectivity index is 1.82. The number of benzene rings is 3. The van der Waals surface area contributed by atoms with Gasteiger partial charge in [0, 0.05) is 24.8 Å². The van der Waals surface area contributed by atoms with Gasteiger partial charge in [0.1, 0.15) is 6.54 Å². The Morgan fingerprint density at radius 1 is 0.941 bits per heavy atom. The van der Waals surface area contributed by atoms with Crippen LogP contribution in [0.2, 0.25) is 5.02 Å². The highest BCUT2D eigenvalue weighted by Gasteiger charge is 2.27. The largest absolute Gasteiger partial charge is 0.378 e. The van der Waals surface area contributed by atoms with Gasteiger partial charge in [-0.1, -0.05) is 29.8 Å². The predicted molar refractivity (Wildman–Crippen MR) is 138 cm³/mol. The van der Waals surface area contributed by atoms with E-state index in [9.17, 15) is 13.2 Å². The summed E-state index contributed by atoms with van der Waals surface area (Å²) in [6.45, 7) is 3.38. The Bertz CT molecular complexity index is 1290. The third-order valence-corrected chi connectivity index (χ3v) is 7.32. The normalized spacial score (nSPS) is 11.4. The molecule has 0 radical (unpaired) electrons. The molecular weight excluding hydrogens is 472 g/mol. The molecule has 0 aliphatic rings. The Labute approximate surface area is 205 Å². The Morgan fingerprint density at radius 3 is 2.15 bits per heavy atom. The van der Waals surface area contributed by atoms with E-state index in [1.54, 1.807) is 12.1 Å². The minimum Gasteiger partial charge on any atom is -0.378 e. The molecule has 0 aliphatic heterocycles. The van der Waals surface area contributed by atoms with Gasteiger partial charge in [-0.3, -0.25) is 9.10 Å². The number of halogens is 1. The third kappa shape index (κ3) is 6.15. The summed E-state index contributed by atoms with van der Waals surface area (Å²) >= 11 is 5.92. The molecule has 0 unspecified atom stereocenters. The fourth-order valence-electron chi connectivity index (χ4n) is 3.13. The summed E-state index contributed by atoms with van der Waals surface area (Å²) in [6, 6.07) is 18.7. The molecule has 0 saturated heterocycles. The smallest absolute Gasteiger partial charge is 0.264 e. The summed E-state index contributed by atoms with van der Waals surface area (Å²) in [6.07, 6.45) is 1.51. The summed E-state index contributed by atoms with van der Waals surface area (Å²) in [5, 5.41) is 4.40. The number of nitrogens with one attached hydrogen (secondary N) is 1. The van der Waals surface area contributed by atoms with Gasteiger partial charge in [0.15, 0.2) is 0 Å². The first-order valence-corrected chi connectivity index (χ1v) is 12.3. The molecule has 34 heavy (non-hydrogen) atoms. The second kappa shape index (κ2) is 10.7. The minimum atomic E-state index is -4.03. The molecule has 3 aromatic rings. The van der Waals surface area contributed by atoms with Crippen LogP contribution in [0, 0.1) is 13.8 Å². The van der Waals surface area contributed by atoms with Crippen molar-refractivity contribution in [1.82, 2.24) is 5.43 Å². The number of carbonyl (C=O) groups excluding carboxylic acids is 1. The molecule has 0 aromatic heterocycles. The maximum atomic E-state index is 13.4. The number of rotatable bonds is 8. The van der Waals surface area contributed by atoms with E-state index in [4.69, 9.17) is 11.6 Å². The highest BCUT2D eigenvalue weighted by Crippen LogP contribution is 2.26. The highest BCUT2D eigenvalue weighted by molar-refractivity contribution is 7.92. The van der Waals surface area contributed by atoms with Gasteiger partial charge in [-0.05, 0) is 79.1 Å². The standard InChI is InChI=1S/C25H27ClN4O3S/c1-18-5-10-23(15-19(18)2)30(34(32,33)24-13-8-21(26)9-14-24)17-25(31)28-27-16-20-6-11-22(12-7-20)29(3)4/h5-16H,17H2,1-4H3,(H,28,31)/b27-16-. The molecule has 7 nitrogen and oxygen atoms in total. The molecule has 178 valence electrons. The summed E-state index contributed by atoms with van der Waals surface area (Å²) in [5.74, 6) is -0.572. The number of hydrogen-bond donors (Lipinski definition) is 1. The van der Waals surface area contributed by atoms with E-state index in [2.05, 4.69) is 10.5 Å². The van der Waals surface area contributed by atoms with Gasteiger partial charge in [-0.2, -0.15) is 5.10 Å². The van der Waals surface area contributed by atoms with E-state index in [1.165, 1.54) is 30.5 Å². The van der Waals surface area contributed by atoms with Gasteiger partial charge in [0.25, 0.3) is 15.9 Å². The number of aryl methyl sites for hydroxylation is 2. The monoisotopic (exact) mass is 498 g/mol. The first kappa shape index (κ1) is 25.3. The second-order valence-corrected chi connectivity index (χ2v) is 10.3. The van der Waals surface area contributed by atoms with Crippen LogP contribution in [0.5, 0.6) is 0 Å². The van der Waals surface area contributed by atoms with Crippen molar-refractivity contribution in [2.75, 3.05) is 29.8 Å². The van der Waals surface area contributed by atoms with E-state index in [1.807, 2.05) is 63.2 Å². The summed E-state index contributed by atoms with van der Waals surface area (Å²) in [4.78, 5) is 14.7. The first-order valence-electron chi connectivity index (χ1n) is 10.5. The number of hydrogen-bond acceptors (Lipinski definition) is 5. The first-order chi connectivity index (χ1) is 16.1. The number of hydrazone groups is 1. The van der Waals surface area contributed by atoms with Gasteiger partial charge < -0.3 is 4.90 Å². The number of sulfonamides is 1. The van der Waals surface area contributed by atoms with E-state index in [0.29, 0.717) is 10.7 Å². The average Bonchev–Trinajstić information content (AvgIpc) is 2.80. The average molecular weight is 499 g/mol. The second-order valence-electron chi connectivity index (χ2n) is 8.01. The van der Waals surface area contributed by atoms with Crippen molar-refractivity contribution in [1.29, 1.82) is 0 Å². The van der Waals surface area contributed by atoms with Gasteiger partial charge in [0.05, 0.1) is 16.8 Å². The van der Waals surface area contributed by atoms with E-state index in [0.717, 1.165) is 26.7 Å². The van der Waals surface area contributed by atoms with Crippen LogP contribution in [-0.2, 0) is 14.8 Å². The highest BCUT2D eigenvalue weighted by atomic mass is 35.5. The van der Waals surface area contributed by atoms with Crippen LogP contribution >= 0.6 is 11.6 Å². The van der Waals surface area contributed by atoms with Gasteiger partial charge >= 0.3 is 0 Å². The summed E-state index contributed by atoms with van der Waals surface area (Å²) in [5.41, 5.74) is 6.57. The zero-order valence-corrected chi connectivity index (χ0v) is 21.1. The number of anilines is 2. The van der Waals surface area contributed by atoms with Crippen LogP contribution in [0.4, 0.5) is 11.4 Å². The molecular formula is C25H27ClN4O3S. The van der Waals surface area contributed by atoms with Crippen molar-refractivity contribution in [3.05, 3.63) is 88.4 Å². The van der Waals surface area contributed by atoms with Crippen molar-refractivity contribution in [2.45, 2.75) is 18.7 Å². The zero-order chi connectivity index (χ0) is 24.9. The van der Waals surface area contributed by atoms with Crippen molar-refractivity contribution < 1.29 is 13.2 Å². The van der Waals surface area contributed by atoms with Crippen molar-refractivity contribution in [3.63, 3.8) is 0 Å². The maximum absolute atomic E-state index is 13.4. The molecule has 3 aromatic carbocycles. The molecule has 0 saturated carbocycles. The Hall–Kier alpha value is -3.36. The molecule has 0 spiro atoms. The summed E-state index contributed by atoms with van der Waals surface area (Å²) < 4.78 is 27.9. The Kier molecular flexibility index (Phi) is 7.96. The van der Waals surface area contributed by atoms with E-state index >= 15 is 0 Å². The third-order valence-electron chi connectivity index (χ3n) is 5.28. The lowest BCUT2D eigenvalue weighted by Gasteiger charge is -2.24. The molecule has 0 bridgehead atoms. The van der Waals surface area contributed by atoms with Crippen molar-refractivity contribution in [3.8, 4) is 0 Å². The van der Waals surface area contributed by atoms with Crippen LogP contribution in [0.3, 0.4) is 0 Å². The van der Waals surface area contributed by atoms with E-state index in [-0.39, 0.29) is 4.90 Å². The Morgan fingerprint density at radius 2 is 1.56 bits per heavy atom. The fourth-order valence-corrected chi connectivity index (χ4v) is 4.67. The molecule has 0 atom stereocenters. The van der Waals surface area contributed by atoms with Crippen LogP contribution in [0.15, 0.2) is 76.7 Å². The number of carbonyl (C=O) groups is 1. The van der Waals surface area contributed by atoms with Crippen LogP contribution in [0.1, 0.15) is 16.7 Å². The topological polar surface area (TPSA) is 82.1 Å². The van der Waals surface area contributed by atoms with Gasteiger partial charge in [0.2, 0.25) is 0 Å². The molecule has 9 heteroatoms. The van der Waals surface area contributed by atoms with Crippen molar-refractivity contribution in [2.24, 2.45) is 5.10 Å². The fraction of sp³-hybridized carbons (Fsp3) is 0.200. The molecule has 0 heterocycles. The lowest BCUT2D eigenvalue weighted by atomic mass is 10.1. The zero-order valence-electron chi connectivity index (χ0n) is 19.5. The predicted octanol–water partition coefficient (Wildman–Crippen LogP) is 4.37. The van der Waals surface area contributed by atoms with Gasteiger partial charge in [-0.15, -0.1) is 0 Å². The lowest BCUT2D eigenvalue weighted by Crippen LogP contribution is -2.39. The number of nitrogens with zero attached hydrogens (tertiary/aromatic N) is 3. The van der Waals surface area contributed by atoms with Crippen molar-refractivity contribution >= 4 is 45.1 Å². The van der Waals surface area contributed by atoms with Crippen LogP contribution in [0.25, 0.3) is 0 Å². The lowest BCUT2D eigenvalue weighted by molar-refractivity contribution is -0.119. The molecule has 0 fully saturated rings. The quantitative estimate of drug-likeness (QED) is 0.369. The molecule has 1 N–H and O–H groups in total. The minimum absolute atomic E-state index is 0.0346. The van der Waals surface area contributed by atoms with E-state index < -0.39 is 22.5 Å². The van der Waals surface area contributed by atoms with Crippen LogP contribution in [-0.4, -0.2) is 41.2 Å². The van der Waals surface area contributed by atoms with Gasteiger partial charge in [-0.25, -0.2) is 13.8 Å². The summed E-state index contributed by atoms with van der Waals surface area (Å²) in [7, 11) is -0.134.